The molecule has 11 nitrogen and oxygen atoms in total. The predicted molar refractivity (Wildman–Crippen MR) is 137 cm³/mol. The average molecular weight is 552 g/mol. The van der Waals surface area contributed by atoms with Crippen LogP contribution in [0.5, 0.6) is 5.75 Å². The molecule has 13 heteroatoms. The molecule has 0 N–H and O–H groups in total. The van der Waals surface area contributed by atoms with Crippen LogP contribution in [0.1, 0.15) is 10.4 Å². The van der Waals surface area contributed by atoms with Crippen molar-refractivity contribution >= 4 is 43.5 Å². The smallest absolute Gasteiger partial charge is 0.325 e. The van der Waals surface area contributed by atoms with Crippen molar-refractivity contribution in [3.05, 3.63) is 52.8 Å². The molecule has 0 aliphatic carbocycles. The summed E-state index contributed by atoms with van der Waals surface area (Å²) in [6, 6.07) is 10.8. The molecule has 200 valence electrons. The lowest BCUT2D eigenvalue weighted by atomic mass is 10.2. The van der Waals surface area contributed by atoms with E-state index in [2.05, 4.69) is 4.99 Å². The van der Waals surface area contributed by atoms with Crippen LogP contribution in [0.25, 0.3) is 10.2 Å². The van der Waals surface area contributed by atoms with Crippen molar-refractivity contribution in [3.8, 4) is 5.75 Å². The summed E-state index contributed by atoms with van der Waals surface area (Å²) in [4.78, 5) is 29.5. The molecule has 0 fully saturated rings. The molecule has 0 saturated heterocycles. The van der Waals surface area contributed by atoms with Gasteiger partial charge in [-0.2, -0.15) is 9.30 Å². The first-order valence-electron chi connectivity index (χ1n) is 11.2. The monoisotopic (exact) mass is 551 g/mol. The minimum absolute atomic E-state index is 0.0333. The van der Waals surface area contributed by atoms with Crippen LogP contribution in [-0.2, 0) is 35.6 Å². The van der Waals surface area contributed by atoms with Gasteiger partial charge in [-0.05, 0) is 42.5 Å². The number of aromatic nitrogens is 1. The molecule has 1 aromatic heterocycles. The van der Waals surface area contributed by atoms with Gasteiger partial charge in [0.05, 0.1) is 42.5 Å². The maximum atomic E-state index is 13.1. The summed E-state index contributed by atoms with van der Waals surface area (Å²) in [6.45, 7) is 0.644. The molecule has 0 radical (unpaired) electrons. The number of rotatable bonds is 12. The van der Waals surface area contributed by atoms with E-state index in [0.29, 0.717) is 16.1 Å². The molecule has 0 aliphatic heterocycles. The van der Waals surface area contributed by atoms with Crippen LogP contribution >= 0.6 is 11.3 Å². The lowest BCUT2D eigenvalue weighted by Gasteiger charge is -2.21. The van der Waals surface area contributed by atoms with E-state index in [4.69, 9.17) is 18.9 Å². The molecule has 1 amide bonds. The Morgan fingerprint density at radius 3 is 2.19 bits per heavy atom. The van der Waals surface area contributed by atoms with Crippen LogP contribution in [0.2, 0.25) is 0 Å². The van der Waals surface area contributed by atoms with Gasteiger partial charge in [-0.15, -0.1) is 0 Å². The largest absolute Gasteiger partial charge is 0.497 e. The summed E-state index contributed by atoms with van der Waals surface area (Å²) >= 11 is 1.22. The zero-order valence-electron chi connectivity index (χ0n) is 21.0. The lowest BCUT2D eigenvalue weighted by molar-refractivity contribution is -0.141. The number of methoxy groups -OCH3 is 4. The van der Waals surface area contributed by atoms with Gasteiger partial charge in [-0.1, -0.05) is 11.3 Å². The molecule has 0 bridgehead atoms. The van der Waals surface area contributed by atoms with Gasteiger partial charge in [0.15, 0.2) is 4.80 Å². The first kappa shape index (κ1) is 28.5. The number of amides is 1. The van der Waals surface area contributed by atoms with Crippen LogP contribution in [0.4, 0.5) is 0 Å². The molecule has 2 aromatic carbocycles. The van der Waals surface area contributed by atoms with Gasteiger partial charge in [-0.25, -0.2) is 8.42 Å². The minimum Gasteiger partial charge on any atom is -0.497 e. The first-order valence-corrected chi connectivity index (χ1v) is 13.4. The molecule has 1 heterocycles. The Bertz CT molecular complexity index is 1400. The zero-order valence-corrected chi connectivity index (χ0v) is 22.6. The second-order valence-electron chi connectivity index (χ2n) is 7.71. The normalized spacial score (nSPS) is 12.3. The summed E-state index contributed by atoms with van der Waals surface area (Å²) in [7, 11) is 1.99. The van der Waals surface area contributed by atoms with Gasteiger partial charge >= 0.3 is 5.97 Å². The summed E-state index contributed by atoms with van der Waals surface area (Å²) in [5.74, 6) is -0.458. The molecule has 37 heavy (non-hydrogen) atoms. The third-order valence-electron chi connectivity index (χ3n) is 5.43. The van der Waals surface area contributed by atoms with Gasteiger partial charge in [0.25, 0.3) is 5.91 Å². The van der Waals surface area contributed by atoms with Crippen LogP contribution < -0.4 is 9.54 Å². The Morgan fingerprint density at radius 1 is 0.973 bits per heavy atom. The Kier molecular flexibility index (Phi) is 9.94. The molecule has 3 rings (SSSR count). The van der Waals surface area contributed by atoms with Crippen molar-refractivity contribution < 1.29 is 37.0 Å². The maximum Gasteiger partial charge on any atom is 0.325 e. The quantitative estimate of drug-likeness (QED) is 0.313. The van der Waals surface area contributed by atoms with Gasteiger partial charge in [0.2, 0.25) is 10.0 Å². The van der Waals surface area contributed by atoms with Gasteiger partial charge in [0, 0.05) is 32.9 Å². The van der Waals surface area contributed by atoms with Crippen LogP contribution in [0, 0.1) is 0 Å². The molecule has 0 saturated carbocycles. The third-order valence-corrected chi connectivity index (χ3v) is 8.38. The summed E-state index contributed by atoms with van der Waals surface area (Å²) in [6.07, 6.45) is 0. The highest BCUT2D eigenvalue weighted by Gasteiger charge is 2.24. The number of nitrogens with zero attached hydrogens (tertiary/aromatic N) is 3. The number of hydrogen-bond donors (Lipinski definition) is 0. The fraction of sp³-hybridized carbons (Fsp3) is 0.375. The fourth-order valence-corrected chi connectivity index (χ4v) is 5.88. The predicted octanol–water partition coefficient (Wildman–Crippen LogP) is 1.91. The zero-order chi connectivity index (χ0) is 27.0. The van der Waals surface area contributed by atoms with Crippen molar-refractivity contribution in [2.45, 2.75) is 11.4 Å². The Morgan fingerprint density at radius 2 is 1.62 bits per heavy atom. The van der Waals surface area contributed by atoms with E-state index in [9.17, 15) is 18.0 Å². The highest BCUT2D eigenvalue weighted by atomic mass is 32.2. The summed E-state index contributed by atoms with van der Waals surface area (Å²) in [5.41, 5.74) is 0.885. The number of ether oxygens (including phenoxy) is 4. The molecule has 0 atom stereocenters. The van der Waals surface area contributed by atoms with E-state index >= 15 is 0 Å². The highest BCUT2D eigenvalue weighted by molar-refractivity contribution is 7.89. The number of carbonyl (C=O) groups excluding carboxylic acids is 2. The Balaban J connectivity index is 1.95. The van der Waals surface area contributed by atoms with Crippen molar-refractivity contribution in [3.63, 3.8) is 0 Å². The molecular formula is C24H29N3O8S2. The Labute approximate surface area is 218 Å². The van der Waals surface area contributed by atoms with Crippen LogP contribution in [-0.4, -0.2) is 83.9 Å². The van der Waals surface area contributed by atoms with E-state index in [1.807, 2.05) is 0 Å². The number of esters is 1. The SMILES string of the molecule is COCCN(CCOC)S(=O)(=O)c1ccc(C(=O)N=c2sc3cc(OC)ccc3n2CC(=O)OC)cc1. The van der Waals surface area contributed by atoms with Crippen LogP contribution in [0.15, 0.2) is 52.4 Å². The van der Waals surface area contributed by atoms with Gasteiger partial charge in [0.1, 0.15) is 12.3 Å². The van der Waals surface area contributed by atoms with E-state index in [1.54, 1.807) is 29.9 Å². The number of benzene rings is 2. The second-order valence-corrected chi connectivity index (χ2v) is 10.7. The molecule has 0 aliphatic rings. The van der Waals surface area contributed by atoms with Crippen molar-refractivity contribution in [2.24, 2.45) is 4.99 Å². The molecular weight excluding hydrogens is 522 g/mol. The lowest BCUT2D eigenvalue weighted by Crippen LogP contribution is -2.36. The van der Waals surface area contributed by atoms with E-state index < -0.39 is 21.9 Å². The molecule has 3 aromatic rings. The Hall–Kier alpha value is -3.10. The average Bonchev–Trinajstić information content (AvgIpc) is 3.23. The standard InChI is InChI=1S/C24H29N3O8S2/c1-32-13-11-26(12-14-33-2)37(30,31)19-8-5-17(6-9-19)23(29)25-24-27(16-22(28)35-4)20-10-7-18(34-3)15-21(20)36-24/h5-10,15H,11-14,16H2,1-4H3. The number of thiazole rings is 1. The van der Waals surface area contributed by atoms with Crippen molar-refractivity contribution in [2.75, 3.05) is 54.7 Å². The number of hydrogen-bond acceptors (Lipinski definition) is 9. The number of sulfonamides is 1. The first-order chi connectivity index (χ1) is 17.7. The molecule has 0 spiro atoms. The third kappa shape index (κ3) is 6.81. The van der Waals surface area contributed by atoms with Crippen LogP contribution in [0.3, 0.4) is 0 Å². The van der Waals surface area contributed by atoms with Crippen molar-refractivity contribution in [1.29, 1.82) is 0 Å². The molecule has 0 unspecified atom stereocenters. The minimum atomic E-state index is -3.83. The number of carbonyl (C=O) groups is 2. The summed E-state index contributed by atoms with van der Waals surface area (Å²) in [5, 5.41) is 0. The fourth-order valence-electron chi connectivity index (χ4n) is 3.42. The topological polar surface area (TPSA) is 126 Å². The van der Waals surface area contributed by atoms with Crippen molar-refractivity contribution in [1.82, 2.24) is 8.87 Å². The van der Waals surface area contributed by atoms with E-state index in [-0.39, 0.29) is 43.3 Å². The maximum absolute atomic E-state index is 13.1. The van der Waals surface area contributed by atoms with E-state index in [0.717, 1.165) is 4.70 Å². The van der Waals surface area contributed by atoms with Gasteiger partial charge in [-0.3, -0.25) is 9.59 Å². The van der Waals surface area contributed by atoms with Gasteiger partial charge < -0.3 is 23.5 Å². The number of fused-ring (bicyclic) bond motifs is 1. The summed E-state index contributed by atoms with van der Waals surface area (Å²) < 4.78 is 49.9. The second kappa shape index (κ2) is 12.9. The highest BCUT2D eigenvalue weighted by Crippen LogP contribution is 2.23. The van der Waals surface area contributed by atoms with E-state index in [1.165, 1.54) is 61.2 Å².